The molecule has 0 amide bonds. The quantitative estimate of drug-likeness (QED) is 0.680. The molecular formula is C10H20O4. The molecule has 0 unspecified atom stereocenters. The summed E-state index contributed by atoms with van der Waals surface area (Å²) in [6.45, 7) is 0. The lowest BCUT2D eigenvalue weighted by molar-refractivity contribution is -0.174. The molecule has 0 aromatic heterocycles. The molecule has 0 aromatic carbocycles. The maximum absolute atomic E-state index is 5.40. The molecule has 0 N–H and O–H groups in total. The van der Waals surface area contributed by atoms with Crippen molar-refractivity contribution < 1.29 is 18.9 Å². The predicted molar refractivity (Wildman–Crippen MR) is 52.4 cm³/mol. The van der Waals surface area contributed by atoms with E-state index in [1.807, 2.05) is 0 Å². The van der Waals surface area contributed by atoms with E-state index in [1.54, 1.807) is 28.4 Å². The highest BCUT2D eigenvalue weighted by Gasteiger charge is 2.40. The van der Waals surface area contributed by atoms with Gasteiger partial charge in [-0.25, -0.2) is 0 Å². The van der Waals surface area contributed by atoms with Crippen LogP contribution in [0.25, 0.3) is 0 Å². The molecule has 4 heteroatoms. The van der Waals surface area contributed by atoms with E-state index in [-0.39, 0.29) is 24.4 Å². The molecule has 4 nitrogen and oxygen atoms in total. The van der Waals surface area contributed by atoms with Crippen LogP contribution in [0.5, 0.6) is 0 Å². The molecule has 14 heavy (non-hydrogen) atoms. The van der Waals surface area contributed by atoms with Gasteiger partial charge in [-0.15, -0.1) is 0 Å². The first-order chi connectivity index (χ1) is 6.78. The lowest BCUT2D eigenvalue weighted by Gasteiger charge is -2.39. The fraction of sp³-hybridized carbons (Fsp3) is 1.00. The smallest absolute Gasteiger partial charge is 0.112 e. The Morgan fingerprint density at radius 3 is 1.21 bits per heavy atom. The van der Waals surface area contributed by atoms with Crippen molar-refractivity contribution in [1.29, 1.82) is 0 Å². The number of methoxy groups -OCH3 is 4. The van der Waals surface area contributed by atoms with Crippen molar-refractivity contribution in [1.82, 2.24) is 0 Å². The monoisotopic (exact) mass is 204 g/mol. The summed E-state index contributed by atoms with van der Waals surface area (Å²) in [5, 5.41) is 0. The molecule has 4 atom stereocenters. The van der Waals surface area contributed by atoms with E-state index in [9.17, 15) is 0 Å². The van der Waals surface area contributed by atoms with Gasteiger partial charge in [-0.3, -0.25) is 0 Å². The predicted octanol–water partition coefficient (Wildman–Crippen LogP) is 0.840. The van der Waals surface area contributed by atoms with Gasteiger partial charge in [0.15, 0.2) is 0 Å². The summed E-state index contributed by atoms with van der Waals surface area (Å²) in [5.41, 5.74) is 0. The highest BCUT2D eigenvalue weighted by Crippen LogP contribution is 2.27. The van der Waals surface area contributed by atoms with Gasteiger partial charge in [0.1, 0.15) is 12.2 Å². The molecule has 0 heterocycles. The summed E-state index contributed by atoms with van der Waals surface area (Å²) in [7, 11) is 6.77. The van der Waals surface area contributed by atoms with Gasteiger partial charge in [0.2, 0.25) is 0 Å². The van der Waals surface area contributed by atoms with Crippen molar-refractivity contribution >= 4 is 0 Å². The van der Waals surface area contributed by atoms with Crippen LogP contribution in [0.15, 0.2) is 0 Å². The van der Waals surface area contributed by atoms with Gasteiger partial charge >= 0.3 is 0 Å². The number of hydrogen-bond acceptors (Lipinski definition) is 4. The minimum Gasteiger partial charge on any atom is -0.379 e. The van der Waals surface area contributed by atoms with Crippen LogP contribution < -0.4 is 0 Å². The van der Waals surface area contributed by atoms with Gasteiger partial charge in [-0.1, -0.05) is 0 Å². The van der Waals surface area contributed by atoms with Crippen molar-refractivity contribution in [2.45, 2.75) is 37.3 Å². The van der Waals surface area contributed by atoms with Gasteiger partial charge in [-0.05, 0) is 12.8 Å². The van der Waals surface area contributed by atoms with Crippen molar-refractivity contribution in [3.05, 3.63) is 0 Å². The Labute approximate surface area is 85.5 Å². The molecule has 0 bridgehead atoms. The standard InChI is InChI=1S/C10H20O4/c1-11-7-5-6-8(12-2)10(14-4)9(7)13-3/h7-10H,5-6H2,1-4H3/t7-,8-,9+,10+/m0/s1. The minimum atomic E-state index is -0.0382. The first-order valence-electron chi connectivity index (χ1n) is 4.89. The minimum absolute atomic E-state index is 0.0382. The third kappa shape index (κ3) is 2.25. The Bertz CT molecular complexity index is 144. The third-order valence-electron chi connectivity index (χ3n) is 2.94. The molecular weight excluding hydrogens is 184 g/mol. The molecule has 0 radical (unpaired) electrons. The molecule has 1 rings (SSSR count). The molecule has 0 aliphatic heterocycles. The van der Waals surface area contributed by atoms with Crippen LogP contribution in [0, 0.1) is 0 Å². The second-order valence-corrected chi connectivity index (χ2v) is 3.53. The van der Waals surface area contributed by atoms with E-state index >= 15 is 0 Å². The second-order valence-electron chi connectivity index (χ2n) is 3.53. The van der Waals surface area contributed by atoms with E-state index < -0.39 is 0 Å². The molecule has 0 aromatic rings. The zero-order valence-electron chi connectivity index (χ0n) is 9.36. The Morgan fingerprint density at radius 2 is 1.00 bits per heavy atom. The molecule has 0 spiro atoms. The summed E-state index contributed by atoms with van der Waals surface area (Å²) in [6.07, 6.45) is 2.04. The topological polar surface area (TPSA) is 36.9 Å². The molecule has 1 fully saturated rings. The molecule has 1 saturated carbocycles. The SMILES string of the molecule is CO[C@H]1[C@H](OC)[C@@H](OC)CC[C@@H]1OC. The highest BCUT2D eigenvalue weighted by molar-refractivity contribution is 4.90. The van der Waals surface area contributed by atoms with Crippen LogP contribution in [0.1, 0.15) is 12.8 Å². The first-order valence-corrected chi connectivity index (χ1v) is 4.89. The second kappa shape index (κ2) is 5.66. The van der Waals surface area contributed by atoms with Crippen LogP contribution in [-0.2, 0) is 18.9 Å². The molecule has 0 saturated heterocycles. The van der Waals surface area contributed by atoms with Crippen molar-refractivity contribution in [3.8, 4) is 0 Å². The first kappa shape index (κ1) is 11.9. The van der Waals surface area contributed by atoms with Crippen LogP contribution in [0.2, 0.25) is 0 Å². The number of hydrogen-bond donors (Lipinski definition) is 0. The van der Waals surface area contributed by atoms with Gasteiger partial charge in [0, 0.05) is 28.4 Å². The van der Waals surface area contributed by atoms with Crippen LogP contribution in [0.3, 0.4) is 0 Å². The molecule has 84 valence electrons. The van der Waals surface area contributed by atoms with Crippen molar-refractivity contribution in [2.24, 2.45) is 0 Å². The summed E-state index contributed by atoms with van der Waals surface area (Å²) in [6, 6.07) is 0. The zero-order chi connectivity index (χ0) is 10.6. The van der Waals surface area contributed by atoms with Crippen molar-refractivity contribution in [2.75, 3.05) is 28.4 Å². The average molecular weight is 204 g/mol. The Hall–Kier alpha value is -0.160. The summed E-state index contributed by atoms with van der Waals surface area (Å²) >= 11 is 0. The fourth-order valence-electron chi connectivity index (χ4n) is 2.16. The number of ether oxygens (including phenoxy) is 4. The van der Waals surface area contributed by atoms with Crippen LogP contribution in [0.4, 0.5) is 0 Å². The van der Waals surface area contributed by atoms with E-state index in [2.05, 4.69) is 0 Å². The molecule has 1 aliphatic carbocycles. The lowest BCUT2D eigenvalue weighted by Crippen LogP contribution is -2.52. The zero-order valence-corrected chi connectivity index (χ0v) is 9.36. The van der Waals surface area contributed by atoms with E-state index in [0.717, 1.165) is 12.8 Å². The van der Waals surface area contributed by atoms with E-state index in [0.29, 0.717) is 0 Å². The van der Waals surface area contributed by atoms with Gasteiger partial charge in [0.05, 0.1) is 12.2 Å². The lowest BCUT2D eigenvalue weighted by atomic mass is 9.89. The molecule has 1 aliphatic rings. The van der Waals surface area contributed by atoms with Gasteiger partial charge in [-0.2, -0.15) is 0 Å². The van der Waals surface area contributed by atoms with Crippen molar-refractivity contribution in [3.63, 3.8) is 0 Å². The van der Waals surface area contributed by atoms with Crippen LogP contribution in [-0.4, -0.2) is 52.9 Å². The maximum Gasteiger partial charge on any atom is 0.112 e. The maximum atomic E-state index is 5.40. The Balaban J connectivity index is 2.67. The summed E-state index contributed by atoms with van der Waals surface area (Å²) < 4.78 is 21.5. The van der Waals surface area contributed by atoms with Gasteiger partial charge in [0.25, 0.3) is 0 Å². The van der Waals surface area contributed by atoms with Crippen LogP contribution >= 0.6 is 0 Å². The summed E-state index contributed by atoms with van der Waals surface area (Å²) in [5.74, 6) is 0. The highest BCUT2D eigenvalue weighted by atomic mass is 16.6. The fourth-order valence-corrected chi connectivity index (χ4v) is 2.16. The third-order valence-corrected chi connectivity index (χ3v) is 2.94. The largest absolute Gasteiger partial charge is 0.379 e. The van der Waals surface area contributed by atoms with E-state index in [4.69, 9.17) is 18.9 Å². The normalized spacial score (nSPS) is 38.6. The van der Waals surface area contributed by atoms with E-state index in [1.165, 1.54) is 0 Å². The number of rotatable bonds is 4. The average Bonchev–Trinajstić information content (AvgIpc) is 2.26. The Kier molecular flexibility index (Phi) is 4.81. The Morgan fingerprint density at radius 1 is 0.643 bits per heavy atom. The van der Waals surface area contributed by atoms with Gasteiger partial charge < -0.3 is 18.9 Å². The summed E-state index contributed by atoms with van der Waals surface area (Å²) in [4.78, 5) is 0.